The van der Waals surface area contributed by atoms with Gasteiger partial charge in [-0.15, -0.1) is 15.3 Å². The van der Waals surface area contributed by atoms with Crippen LogP contribution in [0.15, 0.2) is 18.6 Å². The van der Waals surface area contributed by atoms with Crippen molar-refractivity contribution in [3.05, 3.63) is 35.7 Å². The lowest BCUT2D eigenvalue weighted by atomic mass is 9.88. The second kappa shape index (κ2) is 52.8. The van der Waals surface area contributed by atoms with Crippen LogP contribution in [-0.4, -0.2) is 410 Å². The second-order valence-electron chi connectivity index (χ2n) is 39.2. The molecule has 5 amide bonds. The van der Waals surface area contributed by atoms with E-state index in [0.717, 1.165) is 25.7 Å². The molecule has 10 fully saturated rings. The molecule has 13 heterocycles. The van der Waals surface area contributed by atoms with E-state index in [0.29, 0.717) is 208 Å². The Kier molecular flexibility index (Phi) is 41.8. The maximum Gasteiger partial charge on any atom is 0.220 e. The Bertz CT molecular complexity index is 3900. The first kappa shape index (κ1) is 111. The van der Waals surface area contributed by atoms with Gasteiger partial charge >= 0.3 is 0 Å². The van der Waals surface area contributed by atoms with Gasteiger partial charge in [-0.25, -0.2) is 14.0 Å². The molecule has 0 aliphatic carbocycles. The molecule has 5 N–H and O–H groups in total. The van der Waals surface area contributed by atoms with E-state index in [1.807, 2.05) is 69.2 Å². The predicted octanol–water partition coefficient (Wildman–Crippen LogP) is 1.47. The first-order valence-corrected chi connectivity index (χ1v) is 49.2. The fourth-order valence-electron chi connectivity index (χ4n) is 18.1. The Morgan fingerprint density at radius 2 is 0.657 bits per heavy atom. The summed E-state index contributed by atoms with van der Waals surface area (Å²) in [7, 11) is 0. The van der Waals surface area contributed by atoms with Crippen molar-refractivity contribution in [1.29, 1.82) is 0 Å². The third-order valence-electron chi connectivity index (χ3n) is 25.4. The minimum Gasteiger partial charge on any atom is -0.377 e. The molecule has 0 radical (unpaired) electrons. The number of carbonyl (C=O) groups is 5. The highest BCUT2D eigenvalue weighted by Crippen LogP contribution is 2.50. The average Bonchev–Trinajstić information content (AvgIpc) is 1.57. The van der Waals surface area contributed by atoms with E-state index < -0.39 is 113 Å². The number of hydrogen-bond donors (Lipinski definition) is 5. The van der Waals surface area contributed by atoms with Crippen LogP contribution < -0.4 is 26.6 Å². The molecule has 10 saturated heterocycles. The van der Waals surface area contributed by atoms with Gasteiger partial charge in [-0.05, 0) is 101 Å². The summed E-state index contributed by atoms with van der Waals surface area (Å²) in [4.78, 5) is 63.3. The average molecular weight is 2000 g/mol. The van der Waals surface area contributed by atoms with Crippen LogP contribution in [0.3, 0.4) is 0 Å². The molecule has 6 bridgehead atoms. The Balaban J connectivity index is 0.542. The highest BCUT2D eigenvalue weighted by Gasteiger charge is 2.69. The van der Waals surface area contributed by atoms with Crippen LogP contribution in [0.4, 0.5) is 0 Å². The lowest BCUT2D eigenvalue weighted by Gasteiger charge is -2.42. The second-order valence-corrected chi connectivity index (χ2v) is 39.2. The van der Waals surface area contributed by atoms with Crippen LogP contribution >= 0.6 is 0 Å². The number of aromatic nitrogens is 9. The van der Waals surface area contributed by atoms with Crippen LogP contribution in [0.5, 0.6) is 0 Å². The topological polar surface area (TPSA) is 505 Å². The summed E-state index contributed by atoms with van der Waals surface area (Å²) in [6.07, 6.45) is 5.71. The van der Waals surface area contributed by atoms with E-state index in [9.17, 15) is 24.0 Å². The van der Waals surface area contributed by atoms with Crippen molar-refractivity contribution >= 4 is 29.5 Å². The number of carbonyl (C=O) groups excluding carboxylic acids is 5. The van der Waals surface area contributed by atoms with Crippen LogP contribution in [0, 0.1) is 0 Å². The Labute approximate surface area is 817 Å². The standard InChI is InChI=1S/C92H152N14O34/c1-63(107)94-72-75-78(135-86(8,9)132-75)90(60-127-81(72)138-90)57-121-45-42-118-39-36-115-33-30-112-27-24-104-48-66(98-101-104)51-124-54-89(97-70(111)21-17-15-19-23-93-69(110)20-16-14-18-22-71-130-84(4,5)85(6,7)131-71,55-125-52-67-49-105(102-99-67)25-28-113-31-34-116-37-40-119-43-46-122-58-91-61-128-82(139-91)73(95-64(2)108)76-79(91)136-87(10,11)133-76)56-126-53-68-50-106(103-100-68)26-29-114-32-35-117-38-41-120-44-47-123-59-92-62-129-83(140-92)74(96-65(3)109)77-80(92)137-88(12,13)134-77/h48-50,71-83H,14-47,51-62H2,1-13H3,(H,93,110)(H,94,107)(H,95,108)(H,96,109)(H,97,111)/t72-,73-,74-,75-,76-,77-,78-,79-,80-,81-,82-,83+,90+,91+,92+/m1/s1. The van der Waals surface area contributed by atoms with Gasteiger partial charge in [-0.3, -0.25) is 24.0 Å². The normalized spacial score (nSPS) is 28.3. The Morgan fingerprint density at radius 3 is 0.979 bits per heavy atom. The van der Waals surface area contributed by atoms with Gasteiger partial charge in [0.25, 0.3) is 0 Å². The number of nitrogens with zero attached hydrogens (tertiary/aromatic N) is 9. The minimum absolute atomic E-state index is 0.00558. The minimum atomic E-state index is -1.30. The molecule has 48 nitrogen and oxygen atoms in total. The number of amides is 5. The molecule has 3 aromatic rings. The summed E-state index contributed by atoms with van der Waals surface area (Å²) in [5.41, 5.74) is -3.21. The molecule has 0 saturated carbocycles. The van der Waals surface area contributed by atoms with Gasteiger partial charge in [0.05, 0.1) is 267 Å². The fraction of sp³-hybridized carbons (Fsp3) is 0.880. The largest absolute Gasteiger partial charge is 0.377 e. The van der Waals surface area contributed by atoms with Gasteiger partial charge in [0.2, 0.25) is 29.5 Å². The lowest BCUT2D eigenvalue weighted by molar-refractivity contribution is -0.214. The number of fused-ring (bicyclic) bond motifs is 12. The van der Waals surface area contributed by atoms with Crippen molar-refractivity contribution in [3.8, 4) is 0 Å². The van der Waals surface area contributed by atoms with Crippen molar-refractivity contribution in [1.82, 2.24) is 71.6 Å². The molecule has 48 heteroatoms. The van der Waals surface area contributed by atoms with Crippen molar-refractivity contribution in [3.63, 3.8) is 0 Å². The summed E-state index contributed by atoms with van der Waals surface area (Å²) in [5.74, 6) is -3.58. The van der Waals surface area contributed by atoms with Crippen LogP contribution in [-0.2, 0) is 201 Å². The van der Waals surface area contributed by atoms with Gasteiger partial charge in [0.1, 0.15) is 94.2 Å². The lowest BCUT2D eigenvalue weighted by Crippen LogP contribution is -2.65. The van der Waals surface area contributed by atoms with Gasteiger partial charge in [0.15, 0.2) is 42.5 Å². The first-order chi connectivity index (χ1) is 67.2. The molecule has 140 heavy (non-hydrogen) atoms. The number of unbranched alkanes of at least 4 members (excludes halogenated alkanes) is 4. The summed E-state index contributed by atoms with van der Waals surface area (Å²) >= 11 is 0. The van der Waals surface area contributed by atoms with E-state index >= 15 is 0 Å². The fourth-order valence-corrected chi connectivity index (χ4v) is 18.1. The smallest absolute Gasteiger partial charge is 0.220 e. The maximum absolute atomic E-state index is 14.4. The first-order valence-electron chi connectivity index (χ1n) is 49.2. The zero-order valence-electron chi connectivity index (χ0n) is 83.7. The van der Waals surface area contributed by atoms with Crippen molar-refractivity contribution in [2.75, 3.05) is 205 Å². The molecule has 0 unspecified atom stereocenters. The summed E-state index contributed by atoms with van der Waals surface area (Å²) in [6.45, 7) is 32.9. The molecule has 13 rings (SSSR count). The highest BCUT2D eigenvalue weighted by atomic mass is 16.8. The molecule has 10 aliphatic heterocycles. The quantitative estimate of drug-likeness (QED) is 0.0500. The van der Waals surface area contributed by atoms with Crippen LogP contribution in [0.25, 0.3) is 0 Å². The molecular formula is C92H152N14O34. The summed E-state index contributed by atoms with van der Waals surface area (Å²) in [6, 6.07) is -1.57. The highest BCUT2D eigenvalue weighted by molar-refractivity contribution is 5.77. The van der Waals surface area contributed by atoms with Gasteiger partial charge in [-0.1, -0.05) is 28.5 Å². The van der Waals surface area contributed by atoms with E-state index in [1.165, 1.54) is 20.8 Å². The monoisotopic (exact) mass is 2000 g/mol. The van der Waals surface area contributed by atoms with Crippen molar-refractivity contribution in [2.45, 2.75) is 318 Å². The summed E-state index contributed by atoms with van der Waals surface area (Å²) in [5, 5.41) is 41.1. The van der Waals surface area contributed by atoms with E-state index in [2.05, 4.69) is 57.5 Å². The van der Waals surface area contributed by atoms with Crippen molar-refractivity contribution < 1.29 is 161 Å². The molecule has 794 valence electrons. The van der Waals surface area contributed by atoms with Crippen molar-refractivity contribution in [2.24, 2.45) is 0 Å². The SMILES string of the molecule is CC(=O)N[C@H]1[C@@H]2OC[C@](COCCOCCOCCOCCn3cc(COCC(COCc4cn(CCOCCOCCOCCOC[C@@]56CO[C@H](O5)[C@H](NC(C)=O)[C@H]5OC(C)(C)O[C@H]56)nn4)(COCc4cn(CCOCCOCCOCCOC[C@@]56CO[C@@H](O5)[C@H](NC(C)=O)[C@H]5OC(C)(C)O[C@H]56)nn4)NC(=O)CCCCCNC(=O)CCCCCC4OC(C)(C)C(C)(C)O4)nn3)(O2)[C@@H]2OC(C)(C)O[C@H]12. The summed E-state index contributed by atoms with van der Waals surface area (Å²) < 4.78 is 181. The molecular weight excluding hydrogens is 1850 g/mol. The molecule has 3 aromatic heterocycles. The number of hydrogen-bond acceptors (Lipinski definition) is 40. The van der Waals surface area contributed by atoms with Gasteiger partial charge in [0, 0.05) is 40.2 Å². The Hall–Kier alpha value is -6.39. The van der Waals surface area contributed by atoms with E-state index in [-0.39, 0.29) is 133 Å². The Morgan fingerprint density at radius 1 is 0.357 bits per heavy atom. The third-order valence-corrected chi connectivity index (χ3v) is 25.4. The predicted molar refractivity (Wildman–Crippen MR) is 483 cm³/mol. The zero-order chi connectivity index (χ0) is 99.3. The molecule has 0 spiro atoms. The van der Waals surface area contributed by atoms with Crippen LogP contribution in [0.2, 0.25) is 0 Å². The zero-order valence-corrected chi connectivity index (χ0v) is 83.7. The maximum atomic E-state index is 14.4. The van der Waals surface area contributed by atoms with Gasteiger partial charge < -0.3 is 164 Å². The van der Waals surface area contributed by atoms with E-state index in [1.54, 1.807) is 32.6 Å². The number of ether oxygens (including phenoxy) is 29. The number of rotatable bonds is 70. The van der Waals surface area contributed by atoms with E-state index in [4.69, 9.17) is 137 Å². The molecule has 0 aromatic carbocycles. The van der Waals surface area contributed by atoms with Crippen LogP contribution in [0.1, 0.15) is 165 Å². The molecule has 15 atom stereocenters. The number of nitrogens with one attached hydrogen (secondary N) is 5. The molecule has 10 aliphatic rings. The van der Waals surface area contributed by atoms with Gasteiger partial charge in [-0.2, -0.15) is 0 Å². The third kappa shape index (κ3) is 32.6.